The normalized spacial score (nSPS) is 12.0. The first-order valence-corrected chi connectivity index (χ1v) is 7.56. The Morgan fingerprint density at radius 3 is 2.45 bits per heavy atom. The number of anilines is 1. The van der Waals surface area contributed by atoms with Crippen LogP contribution in [0.1, 0.15) is 32.3 Å². The van der Waals surface area contributed by atoms with E-state index in [0.717, 1.165) is 19.4 Å². The van der Waals surface area contributed by atoms with Gasteiger partial charge in [-0.2, -0.15) is 5.26 Å². The summed E-state index contributed by atoms with van der Waals surface area (Å²) in [6.07, 6.45) is 1.87. The van der Waals surface area contributed by atoms with E-state index in [1.54, 1.807) is 6.07 Å². The molecule has 0 heterocycles. The second kappa shape index (κ2) is 7.97. The van der Waals surface area contributed by atoms with Crippen LogP contribution < -0.4 is 4.90 Å². The van der Waals surface area contributed by atoms with Crippen LogP contribution in [0.15, 0.2) is 12.1 Å². The largest absolute Gasteiger partial charge is 0.355 e. The summed E-state index contributed by atoms with van der Waals surface area (Å²) in [5.41, 5.74) is 0.315. The molecule has 0 saturated carbocycles. The highest BCUT2D eigenvalue weighted by Gasteiger charge is 2.26. The number of nitrogens with zero attached hydrogens (tertiary/aromatic N) is 4. The number of rotatable bonds is 7. The molecule has 1 aromatic rings. The average molecular weight is 325 g/mol. The van der Waals surface area contributed by atoms with Gasteiger partial charge in [0.25, 0.3) is 5.69 Å². The van der Waals surface area contributed by atoms with Gasteiger partial charge in [0.15, 0.2) is 5.56 Å². The highest BCUT2D eigenvalue weighted by molar-refractivity contribution is 6.34. The molecule has 0 radical (unpaired) electrons. The molecule has 120 valence electrons. The van der Waals surface area contributed by atoms with Crippen LogP contribution in [0.4, 0.5) is 11.4 Å². The van der Waals surface area contributed by atoms with Crippen LogP contribution in [0.2, 0.25) is 5.02 Å². The molecule has 22 heavy (non-hydrogen) atoms. The van der Waals surface area contributed by atoms with E-state index < -0.39 is 4.92 Å². The van der Waals surface area contributed by atoms with Crippen molar-refractivity contribution in [2.24, 2.45) is 0 Å². The lowest BCUT2D eigenvalue weighted by atomic mass is 10.1. The first-order valence-electron chi connectivity index (χ1n) is 7.19. The van der Waals surface area contributed by atoms with Crippen molar-refractivity contribution >= 4 is 23.0 Å². The Morgan fingerprint density at radius 1 is 1.41 bits per heavy atom. The fraction of sp³-hybridized carbons (Fsp3) is 0.533. The third-order valence-corrected chi connectivity index (χ3v) is 3.89. The fourth-order valence-corrected chi connectivity index (χ4v) is 2.88. The first-order chi connectivity index (χ1) is 10.4. The first kappa shape index (κ1) is 18.2. The molecule has 1 rings (SSSR count). The lowest BCUT2D eigenvalue weighted by molar-refractivity contribution is -0.385. The average Bonchev–Trinajstić information content (AvgIpc) is 2.46. The van der Waals surface area contributed by atoms with Crippen LogP contribution in [0, 0.1) is 21.4 Å². The zero-order valence-corrected chi connectivity index (χ0v) is 14.1. The molecule has 0 aliphatic carbocycles. The van der Waals surface area contributed by atoms with Crippen LogP contribution in [0.25, 0.3) is 0 Å². The number of hydrogen-bond donors (Lipinski definition) is 0. The quantitative estimate of drug-likeness (QED) is 0.435. The Balaban J connectivity index is 3.44. The van der Waals surface area contributed by atoms with Gasteiger partial charge < -0.3 is 4.90 Å². The molecular weight excluding hydrogens is 304 g/mol. The smallest absolute Gasteiger partial charge is 0.288 e. The molecule has 0 N–H and O–H groups in total. The molecule has 0 aromatic heterocycles. The zero-order valence-electron chi connectivity index (χ0n) is 13.3. The van der Waals surface area contributed by atoms with Gasteiger partial charge in [-0.05, 0) is 33.0 Å². The standard InChI is InChI=1S/C15H21ClN4O2/c1-5-9-19(14(6-2)18(3)4)13-8-7-12(20(21)22)11(10-17)15(13)16/h7-8,14H,5-6,9H2,1-4H3. The summed E-state index contributed by atoms with van der Waals surface area (Å²) < 4.78 is 0. The van der Waals surface area contributed by atoms with Gasteiger partial charge in [-0.15, -0.1) is 0 Å². The summed E-state index contributed by atoms with van der Waals surface area (Å²) in [5, 5.41) is 20.4. The molecule has 0 fully saturated rings. The Kier molecular flexibility index (Phi) is 6.60. The molecular formula is C15H21ClN4O2. The maximum absolute atomic E-state index is 11.0. The lowest BCUT2D eigenvalue weighted by Gasteiger charge is -2.37. The van der Waals surface area contributed by atoms with Gasteiger partial charge in [0.05, 0.1) is 21.8 Å². The summed E-state index contributed by atoms with van der Waals surface area (Å²) in [5.74, 6) is 0. The van der Waals surface area contributed by atoms with E-state index >= 15 is 0 Å². The molecule has 1 aromatic carbocycles. The van der Waals surface area contributed by atoms with Gasteiger partial charge in [-0.25, -0.2) is 0 Å². The Hall–Kier alpha value is -1.84. The third kappa shape index (κ3) is 3.67. The lowest BCUT2D eigenvalue weighted by Crippen LogP contribution is -2.45. The van der Waals surface area contributed by atoms with Crippen molar-refractivity contribution in [1.82, 2.24) is 4.90 Å². The number of nitro groups is 1. The van der Waals surface area contributed by atoms with E-state index in [1.807, 2.05) is 20.2 Å². The number of nitro benzene ring substituents is 1. The molecule has 1 atom stereocenters. The van der Waals surface area contributed by atoms with E-state index in [2.05, 4.69) is 23.6 Å². The highest BCUT2D eigenvalue weighted by Crippen LogP contribution is 2.36. The van der Waals surface area contributed by atoms with Gasteiger partial charge in [0.2, 0.25) is 0 Å². The summed E-state index contributed by atoms with van der Waals surface area (Å²) in [7, 11) is 3.95. The molecule has 0 spiro atoms. The Morgan fingerprint density at radius 2 is 2.05 bits per heavy atom. The SMILES string of the molecule is CCCN(c1ccc([N+](=O)[O-])c(C#N)c1Cl)C(CC)N(C)C. The number of hydrogen-bond acceptors (Lipinski definition) is 5. The van der Waals surface area contributed by atoms with E-state index in [-0.39, 0.29) is 22.4 Å². The van der Waals surface area contributed by atoms with Crippen molar-refractivity contribution in [3.8, 4) is 6.07 Å². The maximum Gasteiger partial charge on any atom is 0.288 e. The van der Waals surface area contributed by atoms with Crippen LogP contribution in [-0.2, 0) is 0 Å². The zero-order chi connectivity index (χ0) is 16.9. The molecule has 1 unspecified atom stereocenters. The Labute approximate surface area is 136 Å². The van der Waals surface area contributed by atoms with Crippen molar-refractivity contribution in [3.05, 3.63) is 32.8 Å². The summed E-state index contributed by atoms with van der Waals surface area (Å²) in [4.78, 5) is 14.6. The van der Waals surface area contributed by atoms with Crippen LogP contribution in [-0.4, -0.2) is 36.6 Å². The molecule has 6 nitrogen and oxygen atoms in total. The minimum absolute atomic E-state index is 0.0844. The third-order valence-electron chi connectivity index (χ3n) is 3.50. The van der Waals surface area contributed by atoms with Crippen molar-refractivity contribution in [1.29, 1.82) is 5.26 Å². The monoisotopic (exact) mass is 324 g/mol. The highest BCUT2D eigenvalue weighted by atomic mass is 35.5. The van der Waals surface area contributed by atoms with E-state index in [1.165, 1.54) is 6.07 Å². The van der Waals surface area contributed by atoms with E-state index in [4.69, 9.17) is 11.6 Å². The van der Waals surface area contributed by atoms with Crippen LogP contribution >= 0.6 is 11.6 Å². The second-order valence-corrected chi connectivity index (χ2v) is 5.59. The van der Waals surface area contributed by atoms with Crippen molar-refractivity contribution < 1.29 is 4.92 Å². The fourth-order valence-electron chi connectivity index (χ4n) is 2.57. The molecule has 0 saturated heterocycles. The van der Waals surface area contributed by atoms with Crippen molar-refractivity contribution in [2.75, 3.05) is 25.5 Å². The van der Waals surface area contributed by atoms with Crippen molar-refractivity contribution in [2.45, 2.75) is 32.9 Å². The maximum atomic E-state index is 11.0. The number of nitriles is 1. The molecule has 0 amide bonds. The van der Waals surface area contributed by atoms with E-state index in [0.29, 0.717) is 5.69 Å². The van der Waals surface area contributed by atoms with Gasteiger partial charge in [-0.3, -0.25) is 15.0 Å². The van der Waals surface area contributed by atoms with Crippen LogP contribution in [0.3, 0.4) is 0 Å². The van der Waals surface area contributed by atoms with Crippen molar-refractivity contribution in [3.63, 3.8) is 0 Å². The minimum atomic E-state index is -0.582. The number of halogens is 1. The number of benzene rings is 1. The molecule has 0 aliphatic heterocycles. The predicted molar refractivity (Wildman–Crippen MR) is 88.2 cm³/mol. The molecule has 7 heteroatoms. The molecule has 0 aliphatic rings. The summed E-state index contributed by atoms with van der Waals surface area (Å²) in [6, 6.07) is 4.83. The predicted octanol–water partition coefficient (Wildman–Crippen LogP) is 3.63. The van der Waals surface area contributed by atoms with Gasteiger partial charge in [-0.1, -0.05) is 25.4 Å². The van der Waals surface area contributed by atoms with Gasteiger partial charge in [0, 0.05) is 12.6 Å². The Bertz CT molecular complexity index is 584. The molecule has 0 bridgehead atoms. The van der Waals surface area contributed by atoms with Crippen LogP contribution in [0.5, 0.6) is 0 Å². The second-order valence-electron chi connectivity index (χ2n) is 5.21. The van der Waals surface area contributed by atoms with Gasteiger partial charge in [0.1, 0.15) is 6.07 Å². The summed E-state index contributed by atoms with van der Waals surface area (Å²) in [6.45, 7) is 4.87. The minimum Gasteiger partial charge on any atom is -0.355 e. The summed E-state index contributed by atoms with van der Waals surface area (Å²) >= 11 is 6.31. The van der Waals surface area contributed by atoms with E-state index in [9.17, 15) is 15.4 Å². The van der Waals surface area contributed by atoms with Gasteiger partial charge >= 0.3 is 0 Å². The topological polar surface area (TPSA) is 73.4 Å².